The summed E-state index contributed by atoms with van der Waals surface area (Å²) >= 11 is 0. The van der Waals surface area contributed by atoms with Crippen LogP contribution in [0.5, 0.6) is 5.75 Å². The van der Waals surface area contributed by atoms with Crippen LogP contribution in [0.2, 0.25) is 0 Å². The monoisotopic (exact) mass is 581 g/mol. The fourth-order valence-electron chi connectivity index (χ4n) is 6.12. The number of Topliss-reactive ketones (excluding diaryl/α,β-unsaturated/α-hetero) is 2. The number of nitrogens with one attached hydrogen (secondary N) is 2. The summed E-state index contributed by atoms with van der Waals surface area (Å²) in [4.78, 5) is 68.4. The molecule has 0 heterocycles. The molecule has 4 rings (SSSR count). The Hall–Kier alpha value is -4.82. The van der Waals surface area contributed by atoms with E-state index in [2.05, 4.69) is 22.3 Å². The van der Waals surface area contributed by atoms with E-state index in [0.29, 0.717) is 11.1 Å². The van der Waals surface area contributed by atoms with Crippen molar-refractivity contribution in [3.8, 4) is 5.75 Å². The zero-order valence-corrected chi connectivity index (χ0v) is 23.1. The first kappa shape index (κ1) is 30.1. The number of benzene rings is 1. The third-order valence-electron chi connectivity index (χ3n) is 8.06. The van der Waals surface area contributed by atoms with Crippen LogP contribution in [-0.2, 0) is 36.9 Å². The molecule has 0 saturated heterocycles. The van der Waals surface area contributed by atoms with Gasteiger partial charge in [-0.2, -0.15) is 0 Å². The first-order chi connectivity index (χ1) is 19.7. The first-order valence-corrected chi connectivity index (χ1v) is 12.9. The number of likely N-dealkylation sites (N-methyl/N-ethyl adjacent to an activating group) is 2. The highest BCUT2D eigenvalue weighted by Gasteiger charge is 2.64. The summed E-state index contributed by atoms with van der Waals surface area (Å²) in [7, 11) is 4.40. The van der Waals surface area contributed by atoms with Gasteiger partial charge in [-0.1, -0.05) is 6.07 Å². The van der Waals surface area contributed by atoms with Crippen molar-refractivity contribution in [2.45, 2.75) is 31.0 Å². The minimum absolute atomic E-state index is 0.0504. The van der Waals surface area contributed by atoms with Gasteiger partial charge in [-0.05, 0) is 56.8 Å². The molecule has 8 N–H and O–H groups in total. The maximum Gasteiger partial charge on any atom is 0.270 e. The van der Waals surface area contributed by atoms with Gasteiger partial charge in [-0.25, -0.2) is 0 Å². The zero-order valence-electron chi connectivity index (χ0n) is 23.1. The molecule has 222 valence electrons. The molecule has 0 spiro atoms. The van der Waals surface area contributed by atoms with E-state index in [1.54, 1.807) is 0 Å². The Balaban J connectivity index is 1.80. The van der Waals surface area contributed by atoms with Gasteiger partial charge in [0.05, 0.1) is 11.6 Å². The Morgan fingerprint density at radius 1 is 1.21 bits per heavy atom. The highest BCUT2D eigenvalue weighted by Crippen LogP contribution is 2.52. The number of ketones is 2. The summed E-state index contributed by atoms with van der Waals surface area (Å²) in [5.41, 5.74) is 1.91. The molecule has 14 nitrogen and oxygen atoms in total. The number of phenolic OH excluding ortho intramolecular Hbond substituents is 1. The number of nitrogens with zero attached hydrogens (tertiary/aromatic N) is 2. The highest BCUT2D eigenvalue weighted by atomic mass is 16.3. The molecule has 1 saturated carbocycles. The molecule has 14 heteroatoms. The third kappa shape index (κ3) is 4.54. The minimum Gasteiger partial charge on any atom is -0.508 e. The molecular formula is C28H31N5O9. The summed E-state index contributed by atoms with van der Waals surface area (Å²) in [6.07, 6.45) is 0.936. The van der Waals surface area contributed by atoms with Gasteiger partial charge in [0.15, 0.2) is 11.4 Å². The van der Waals surface area contributed by atoms with Crippen molar-refractivity contribution in [3.63, 3.8) is 0 Å². The predicted molar refractivity (Wildman–Crippen MR) is 148 cm³/mol. The Bertz CT molecular complexity index is 1540. The van der Waals surface area contributed by atoms with Crippen LogP contribution in [0.15, 0.2) is 45.8 Å². The standard InChI is InChI=1S/C28H31N5O9/c1-30-15(9-17(35)31-2)27(41)32-10-11-5-6-16(34)19-13(11)7-12-8-14-21(33(3)4)23(37)20(26(29)40)25(39)28(14,42)24(38)18(12)22(19)36/h5-6,9,12,14,21,34,36,39,42H,1,7-8,10H2,2-4H3,(H2,29,40)(H,31,35)(H,32,41)/b15-9-/t12-,14-,21?,28-/m0/s1. The number of amides is 3. The molecule has 0 bridgehead atoms. The van der Waals surface area contributed by atoms with Gasteiger partial charge >= 0.3 is 0 Å². The number of rotatable bonds is 7. The van der Waals surface area contributed by atoms with Gasteiger partial charge in [0.2, 0.25) is 11.7 Å². The Kier molecular flexibility index (Phi) is 7.80. The van der Waals surface area contributed by atoms with E-state index in [-0.39, 0.29) is 42.0 Å². The summed E-state index contributed by atoms with van der Waals surface area (Å²) in [6, 6.07) is 1.55. The number of aromatic hydroxyl groups is 1. The lowest BCUT2D eigenvalue weighted by atomic mass is 9.57. The van der Waals surface area contributed by atoms with Crippen molar-refractivity contribution in [2.75, 3.05) is 21.1 Å². The van der Waals surface area contributed by atoms with Gasteiger partial charge < -0.3 is 36.8 Å². The number of aliphatic hydroxyl groups is 3. The second-order valence-electron chi connectivity index (χ2n) is 10.5. The van der Waals surface area contributed by atoms with Gasteiger partial charge in [0, 0.05) is 31.2 Å². The number of aliphatic imine (C=N–C) groups is 1. The molecule has 1 unspecified atom stereocenters. The molecule has 42 heavy (non-hydrogen) atoms. The van der Waals surface area contributed by atoms with Crippen molar-refractivity contribution in [3.05, 3.63) is 57.5 Å². The maximum absolute atomic E-state index is 13.9. The number of primary amides is 1. The van der Waals surface area contributed by atoms with Gasteiger partial charge in [-0.15, -0.1) is 0 Å². The van der Waals surface area contributed by atoms with Crippen LogP contribution in [0, 0.1) is 11.8 Å². The normalized spacial score (nSPS) is 25.5. The summed E-state index contributed by atoms with van der Waals surface area (Å²) < 4.78 is 0. The first-order valence-electron chi connectivity index (χ1n) is 12.9. The second kappa shape index (κ2) is 10.9. The Morgan fingerprint density at radius 2 is 1.88 bits per heavy atom. The molecule has 1 fully saturated rings. The van der Waals surface area contributed by atoms with Crippen molar-refractivity contribution in [1.29, 1.82) is 0 Å². The van der Waals surface area contributed by atoms with Crippen LogP contribution in [0.1, 0.15) is 23.1 Å². The summed E-state index contributed by atoms with van der Waals surface area (Å²) in [5, 5.41) is 49.5. The largest absolute Gasteiger partial charge is 0.508 e. The molecule has 0 radical (unpaired) electrons. The quantitative estimate of drug-likeness (QED) is 0.117. The van der Waals surface area contributed by atoms with Crippen LogP contribution in [0.25, 0.3) is 5.76 Å². The van der Waals surface area contributed by atoms with Crippen LogP contribution >= 0.6 is 0 Å². The van der Waals surface area contributed by atoms with E-state index < -0.39 is 69.9 Å². The molecule has 3 aliphatic carbocycles. The second-order valence-corrected chi connectivity index (χ2v) is 10.5. The number of phenols is 1. The molecule has 1 aromatic carbocycles. The molecule has 3 aliphatic rings. The van der Waals surface area contributed by atoms with Gasteiger partial charge in [0.25, 0.3) is 11.8 Å². The molecule has 0 aromatic heterocycles. The third-order valence-corrected chi connectivity index (χ3v) is 8.06. The van der Waals surface area contributed by atoms with E-state index >= 15 is 0 Å². The smallest absolute Gasteiger partial charge is 0.270 e. The summed E-state index contributed by atoms with van der Waals surface area (Å²) in [5.74, 6) is -8.77. The van der Waals surface area contributed by atoms with Crippen molar-refractivity contribution in [1.82, 2.24) is 15.5 Å². The topological polar surface area (TPSA) is 232 Å². The predicted octanol–water partition coefficient (Wildman–Crippen LogP) is -1.09. The van der Waals surface area contributed by atoms with Crippen LogP contribution in [-0.4, -0.2) is 94.1 Å². The van der Waals surface area contributed by atoms with Crippen molar-refractivity contribution in [2.24, 2.45) is 22.6 Å². The molecular weight excluding hydrogens is 550 g/mol. The molecule has 3 amide bonds. The van der Waals surface area contributed by atoms with E-state index in [4.69, 9.17) is 5.73 Å². The van der Waals surface area contributed by atoms with E-state index in [1.165, 1.54) is 38.2 Å². The minimum atomic E-state index is -2.74. The number of carbonyl (C=O) groups excluding carboxylic acids is 5. The lowest BCUT2D eigenvalue weighted by Crippen LogP contribution is -2.65. The molecule has 0 aliphatic heterocycles. The number of fused-ring (bicyclic) bond motifs is 3. The lowest BCUT2D eigenvalue weighted by molar-refractivity contribution is -0.153. The zero-order chi connectivity index (χ0) is 31.3. The average molecular weight is 582 g/mol. The van der Waals surface area contributed by atoms with E-state index in [0.717, 1.165) is 6.08 Å². The molecule has 4 atom stereocenters. The van der Waals surface area contributed by atoms with E-state index in [9.17, 15) is 44.4 Å². The molecule has 1 aromatic rings. The SMILES string of the molecule is C=N/C(=C\C(=O)NC)C(=O)NCc1ccc(O)c2c1C[C@H]1C[C@H]3C(N(C)C)C(=O)C(C(N)=O)=C(O)[C@@]3(O)C(=O)C1=C2O. The lowest BCUT2D eigenvalue weighted by Gasteiger charge is -2.50. The Labute approximate surface area is 239 Å². The van der Waals surface area contributed by atoms with Gasteiger partial charge in [0.1, 0.15) is 28.5 Å². The van der Waals surface area contributed by atoms with Crippen LogP contribution in [0.3, 0.4) is 0 Å². The van der Waals surface area contributed by atoms with E-state index in [1.807, 2.05) is 0 Å². The van der Waals surface area contributed by atoms with Gasteiger partial charge in [-0.3, -0.25) is 33.9 Å². The number of hydrogen-bond acceptors (Lipinski definition) is 11. The number of nitrogens with two attached hydrogens (primary N) is 1. The fourth-order valence-corrected chi connectivity index (χ4v) is 6.12. The van der Waals surface area contributed by atoms with Crippen LogP contribution in [0.4, 0.5) is 0 Å². The summed E-state index contributed by atoms with van der Waals surface area (Å²) in [6.45, 7) is 3.17. The highest BCUT2D eigenvalue weighted by molar-refractivity contribution is 6.24. The van der Waals surface area contributed by atoms with Crippen molar-refractivity contribution < 1.29 is 44.4 Å². The number of carbonyl (C=O) groups is 5. The van der Waals surface area contributed by atoms with Crippen LogP contribution < -0.4 is 16.4 Å². The fraction of sp³-hybridized carbons (Fsp3) is 0.357. The maximum atomic E-state index is 13.9. The Morgan fingerprint density at radius 3 is 2.45 bits per heavy atom. The number of aliphatic hydroxyl groups excluding tert-OH is 2. The number of hydrogen-bond donors (Lipinski definition) is 7. The van der Waals surface area contributed by atoms with Crippen molar-refractivity contribution >= 4 is 41.8 Å². The average Bonchev–Trinajstić information content (AvgIpc) is 2.92.